The Morgan fingerprint density at radius 3 is 2.93 bits per heavy atom. The molecule has 0 unspecified atom stereocenters. The van der Waals surface area contributed by atoms with Crippen molar-refractivity contribution >= 4 is 22.9 Å². The molecule has 0 amide bonds. The Bertz CT molecular complexity index is 421. The second-order valence-electron chi connectivity index (χ2n) is 2.89. The maximum absolute atomic E-state index is 6.00. The molecule has 1 N–H and O–H groups in total. The lowest BCUT2D eigenvalue weighted by Gasteiger charge is -1.94. The second kappa shape index (κ2) is 4.17. The van der Waals surface area contributed by atoms with E-state index in [1.165, 1.54) is 0 Å². The van der Waals surface area contributed by atoms with Crippen molar-refractivity contribution in [2.24, 2.45) is 0 Å². The highest BCUT2D eigenvalue weighted by molar-refractivity contribution is 7.14. The molecule has 0 saturated heterocycles. The van der Waals surface area contributed by atoms with Crippen LogP contribution in [0.25, 0.3) is 10.6 Å². The lowest BCUT2D eigenvalue weighted by atomic mass is 10.3. The van der Waals surface area contributed by atoms with Gasteiger partial charge < -0.3 is 9.73 Å². The second-order valence-corrected chi connectivity index (χ2v) is 4.22. The van der Waals surface area contributed by atoms with Gasteiger partial charge in [0.25, 0.3) is 0 Å². The van der Waals surface area contributed by atoms with Crippen molar-refractivity contribution in [2.75, 3.05) is 7.05 Å². The van der Waals surface area contributed by atoms with Crippen LogP contribution in [0.1, 0.15) is 5.76 Å². The highest BCUT2D eigenvalue weighted by Gasteiger charge is 2.09. The monoisotopic (exact) mass is 227 g/mol. The van der Waals surface area contributed by atoms with Crippen LogP contribution in [0.2, 0.25) is 5.02 Å². The predicted molar refractivity (Wildman–Crippen MR) is 59.8 cm³/mol. The van der Waals surface area contributed by atoms with Crippen molar-refractivity contribution in [3.05, 3.63) is 34.4 Å². The summed E-state index contributed by atoms with van der Waals surface area (Å²) in [5, 5.41) is 5.74. The molecule has 4 heteroatoms. The fraction of sp³-hybridized carbons (Fsp3) is 0.200. The van der Waals surface area contributed by atoms with Crippen molar-refractivity contribution in [1.29, 1.82) is 0 Å². The highest BCUT2D eigenvalue weighted by Crippen LogP contribution is 2.34. The Kier molecular flexibility index (Phi) is 2.91. The first-order chi connectivity index (χ1) is 6.81. The van der Waals surface area contributed by atoms with Gasteiger partial charge in [0, 0.05) is 0 Å². The first-order valence-corrected chi connectivity index (χ1v) is 5.53. The van der Waals surface area contributed by atoms with Gasteiger partial charge in [-0.25, -0.2) is 0 Å². The van der Waals surface area contributed by atoms with Gasteiger partial charge in [0.1, 0.15) is 11.5 Å². The van der Waals surface area contributed by atoms with Gasteiger partial charge >= 0.3 is 0 Å². The molecule has 2 heterocycles. The maximum atomic E-state index is 6.00. The molecule has 74 valence electrons. The van der Waals surface area contributed by atoms with E-state index in [-0.39, 0.29) is 0 Å². The van der Waals surface area contributed by atoms with Gasteiger partial charge in [-0.3, -0.25) is 0 Å². The predicted octanol–water partition coefficient (Wildman–Crippen LogP) is 3.38. The fourth-order valence-electron chi connectivity index (χ4n) is 1.24. The van der Waals surface area contributed by atoms with Crippen LogP contribution in [0, 0.1) is 0 Å². The Hall–Kier alpha value is -0.770. The Balaban J connectivity index is 2.29. The van der Waals surface area contributed by atoms with E-state index in [2.05, 4.69) is 5.32 Å². The van der Waals surface area contributed by atoms with Crippen LogP contribution in [0.3, 0.4) is 0 Å². The minimum Gasteiger partial charge on any atom is -0.459 e. The van der Waals surface area contributed by atoms with Gasteiger partial charge in [-0.1, -0.05) is 11.6 Å². The lowest BCUT2D eigenvalue weighted by Crippen LogP contribution is -2.03. The summed E-state index contributed by atoms with van der Waals surface area (Å²) < 4.78 is 5.61. The van der Waals surface area contributed by atoms with E-state index >= 15 is 0 Å². The van der Waals surface area contributed by atoms with Crippen molar-refractivity contribution in [2.45, 2.75) is 6.54 Å². The number of nitrogens with one attached hydrogen (secondary N) is 1. The molecule has 0 aliphatic rings. The van der Waals surface area contributed by atoms with E-state index in [0.29, 0.717) is 0 Å². The third-order valence-corrected chi connectivity index (χ3v) is 3.21. The molecular formula is C10H10ClNOS. The van der Waals surface area contributed by atoms with E-state index in [1.54, 1.807) is 11.3 Å². The summed E-state index contributed by atoms with van der Waals surface area (Å²) in [5.74, 6) is 1.77. The third-order valence-electron chi connectivity index (χ3n) is 1.85. The zero-order valence-electron chi connectivity index (χ0n) is 7.71. The van der Waals surface area contributed by atoms with Crippen LogP contribution < -0.4 is 5.32 Å². The number of furan rings is 1. The first-order valence-electron chi connectivity index (χ1n) is 4.28. The fourth-order valence-corrected chi connectivity index (χ4v) is 2.35. The number of rotatable bonds is 3. The van der Waals surface area contributed by atoms with Crippen molar-refractivity contribution in [1.82, 2.24) is 5.32 Å². The third kappa shape index (κ3) is 1.85. The number of hydrogen-bond donors (Lipinski definition) is 1. The van der Waals surface area contributed by atoms with E-state index in [1.807, 2.05) is 30.6 Å². The maximum Gasteiger partial charge on any atom is 0.145 e. The average Bonchev–Trinajstić information content (AvgIpc) is 2.74. The largest absolute Gasteiger partial charge is 0.459 e. The van der Waals surface area contributed by atoms with Gasteiger partial charge in [0.05, 0.1) is 16.4 Å². The Morgan fingerprint density at radius 1 is 1.43 bits per heavy atom. The molecule has 2 aromatic rings. The van der Waals surface area contributed by atoms with Crippen molar-refractivity contribution < 1.29 is 4.42 Å². The van der Waals surface area contributed by atoms with Crippen LogP contribution >= 0.6 is 22.9 Å². The molecule has 2 aromatic heterocycles. The topological polar surface area (TPSA) is 25.2 Å². The SMILES string of the molecule is CNCc1ccc(-c2sccc2Cl)o1. The van der Waals surface area contributed by atoms with Crippen LogP contribution in [0.5, 0.6) is 0 Å². The summed E-state index contributed by atoms with van der Waals surface area (Å²) in [6, 6.07) is 5.79. The Labute approximate surface area is 91.5 Å². The highest BCUT2D eigenvalue weighted by atomic mass is 35.5. The molecule has 0 saturated carbocycles. The van der Waals surface area contributed by atoms with E-state index in [4.69, 9.17) is 16.0 Å². The molecule has 0 aliphatic heterocycles. The summed E-state index contributed by atoms with van der Waals surface area (Å²) >= 11 is 7.58. The summed E-state index contributed by atoms with van der Waals surface area (Å²) in [6.07, 6.45) is 0. The molecule has 14 heavy (non-hydrogen) atoms. The molecular weight excluding hydrogens is 218 g/mol. The van der Waals surface area contributed by atoms with Gasteiger partial charge in [0.2, 0.25) is 0 Å². The number of halogens is 1. The number of hydrogen-bond acceptors (Lipinski definition) is 3. The van der Waals surface area contributed by atoms with Gasteiger partial charge in [0.15, 0.2) is 0 Å². The molecule has 0 atom stereocenters. The van der Waals surface area contributed by atoms with Crippen LogP contribution in [-0.2, 0) is 6.54 Å². The summed E-state index contributed by atoms with van der Waals surface area (Å²) in [4.78, 5) is 0.994. The molecule has 0 spiro atoms. The summed E-state index contributed by atoms with van der Waals surface area (Å²) in [7, 11) is 1.89. The van der Waals surface area contributed by atoms with Gasteiger partial charge in [-0.15, -0.1) is 11.3 Å². The van der Waals surface area contributed by atoms with Crippen molar-refractivity contribution in [3.8, 4) is 10.6 Å². The quantitative estimate of drug-likeness (QED) is 0.870. The molecule has 2 nitrogen and oxygen atoms in total. The standard InChI is InChI=1S/C10H10ClNOS/c1-12-6-7-2-3-9(13-7)10-8(11)4-5-14-10/h2-5,12H,6H2,1H3. The molecule has 0 fully saturated rings. The minimum absolute atomic E-state index is 0.739. The summed E-state index contributed by atoms with van der Waals surface area (Å²) in [5.41, 5.74) is 0. The van der Waals surface area contributed by atoms with Gasteiger partial charge in [-0.05, 0) is 30.6 Å². The van der Waals surface area contributed by atoms with Gasteiger partial charge in [-0.2, -0.15) is 0 Å². The van der Waals surface area contributed by atoms with Crippen LogP contribution in [0.4, 0.5) is 0 Å². The summed E-state index contributed by atoms with van der Waals surface area (Å²) in [6.45, 7) is 0.739. The molecule has 2 rings (SSSR count). The minimum atomic E-state index is 0.739. The number of thiophene rings is 1. The van der Waals surface area contributed by atoms with Crippen molar-refractivity contribution in [3.63, 3.8) is 0 Å². The van der Waals surface area contributed by atoms with Crippen LogP contribution in [0.15, 0.2) is 28.0 Å². The smallest absolute Gasteiger partial charge is 0.145 e. The molecule has 0 bridgehead atoms. The first kappa shape index (κ1) is 9.77. The van der Waals surface area contributed by atoms with E-state index in [0.717, 1.165) is 28.0 Å². The molecule has 0 radical (unpaired) electrons. The zero-order valence-corrected chi connectivity index (χ0v) is 9.28. The van der Waals surface area contributed by atoms with E-state index in [9.17, 15) is 0 Å². The zero-order chi connectivity index (χ0) is 9.97. The lowest BCUT2D eigenvalue weighted by molar-refractivity contribution is 0.508. The average molecular weight is 228 g/mol. The molecule has 0 aliphatic carbocycles. The van der Waals surface area contributed by atoms with Crippen LogP contribution in [-0.4, -0.2) is 7.05 Å². The molecule has 0 aromatic carbocycles. The Morgan fingerprint density at radius 2 is 2.29 bits per heavy atom. The van der Waals surface area contributed by atoms with E-state index < -0.39 is 0 Å². The normalized spacial score (nSPS) is 10.7.